The molecule has 0 saturated carbocycles. The van der Waals surface area contributed by atoms with Crippen LogP contribution in [0.5, 0.6) is 0 Å². The third-order valence-electron chi connectivity index (χ3n) is 1.60. The number of rotatable bonds is 8. The molecule has 2 atom stereocenters. The number of hydrogen-bond acceptors (Lipinski definition) is 3. The van der Waals surface area contributed by atoms with Gasteiger partial charge in [0.15, 0.2) is 6.04 Å². The van der Waals surface area contributed by atoms with E-state index in [-0.39, 0.29) is 5.75 Å². The van der Waals surface area contributed by atoms with E-state index in [2.05, 4.69) is 11.9 Å². The second-order valence-corrected chi connectivity index (χ2v) is 4.45. The Hall–Kier alpha value is -0.520. The van der Waals surface area contributed by atoms with Crippen LogP contribution in [0.4, 0.5) is 0 Å². The summed E-state index contributed by atoms with van der Waals surface area (Å²) in [6.07, 6.45) is 2.40. The van der Waals surface area contributed by atoms with E-state index in [1.807, 2.05) is 6.92 Å². The van der Waals surface area contributed by atoms with Gasteiger partial charge in [-0.25, -0.2) is 0 Å². The molecule has 0 saturated heterocycles. The molecule has 0 aliphatic carbocycles. The Kier molecular flexibility index (Phi) is 7.55. The molecule has 14 heavy (non-hydrogen) atoms. The predicted octanol–water partition coefficient (Wildman–Crippen LogP) is 0.374. The fourth-order valence-corrected chi connectivity index (χ4v) is 1.95. The summed E-state index contributed by atoms with van der Waals surface area (Å²) >= 11 is -1.14. The van der Waals surface area contributed by atoms with Gasteiger partial charge in [-0.3, -0.25) is 4.79 Å². The van der Waals surface area contributed by atoms with E-state index in [9.17, 15) is 9.35 Å². The molecule has 0 amide bonds. The predicted molar refractivity (Wildman–Crippen MR) is 57.8 cm³/mol. The van der Waals surface area contributed by atoms with Crippen LogP contribution in [0.15, 0.2) is 12.7 Å². The molecule has 0 aromatic rings. The summed E-state index contributed by atoms with van der Waals surface area (Å²) in [5.41, 5.74) is 0. The van der Waals surface area contributed by atoms with Gasteiger partial charge in [-0.05, 0) is 30.2 Å². The number of carbonyl (C=O) groups is 1. The lowest BCUT2D eigenvalue weighted by Crippen LogP contribution is -2.42. The smallest absolute Gasteiger partial charge is 0.325 e. The highest BCUT2D eigenvalue weighted by atomic mass is 32.2. The van der Waals surface area contributed by atoms with Gasteiger partial charge in [0.25, 0.3) is 0 Å². The number of hydrogen-bond donors (Lipinski definition) is 2. The van der Waals surface area contributed by atoms with Crippen molar-refractivity contribution in [3.8, 4) is 0 Å². The molecule has 0 fully saturated rings. The van der Waals surface area contributed by atoms with E-state index < -0.39 is 23.2 Å². The van der Waals surface area contributed by atoms with Gasteiger partial charge in [-0.1, -0.05) is 13.5 Å². The Morgan fingerprint density at radius 3 is 2.86 bits per heavy atom. The van der Waals surface area contributed by atoms with E-state index in [4.69, 9.17) is 5.11 Å². The van der Waals surface area contributed by atoms with Crippen LogP contribution < -0.4 is 5.32 Å². The molecule has 0 rings (SSSR count). The van der Waals surface area contributed by atoms with Gasteiger partial charge in [0.05, 0.1) is 0 Å². The van der Waals surface area contributed by atoms with Gasteiger partial charge >= 0.3 is 5.97 Å². The van der Waals surface area contributed by atoms with Gasteiger partial charge < -0.3 is 15.0 Å². The van der Waals surface area contributed by atoms with Crippen molar-refractivity contribution in [2.75, 3.05) is 18.1 Å². The Labute approximate surface area is 87.6 Å². The van der Waals surface area contributed by atoms with E-state index in [1.165, 1.54) is 6.08 Å². The number of nitrogens with one attached hydrogen (secondary N) is 1. The fourth-order valence-electron chi connectivity index (χ4n) is 0.921. The lowest BCUT2D eigenvalue weighted by Gasteiger charge is -2.16. The van der Waals surface area contributed by atoms with Crippen LogP contribution in [-0.2, 0) is 16.0 Å². The summed E-state index contributed by atoms with van der Waals surface area (Å²) < 4.78 is 11.3. The Balaban J connectivity index is 3.94. The van der Waals surface area contributed by atoms with E-state index in [0.717, 1.165) is 6.42 Å². The highest BCUT2D eigenvalue weighted by molar-refractivity contribution is 7.91. The average molecular weight is 219 g/mol. The average Bonchev–Trinajstić information content (AvgIpc) is 2.12. The van der Waals surface area contributed by atoms with Crippen molar-refractivity contribution in [1.82, 2.24) is 5.32 Å². The van der Waals surface area contributed by atoms with Crippen molar-refractivity contribution < 1.29 is 14.5 Å². The first-order valence-corrected chi connectivity index (χ1v) is 6.02. The fraction of sp³-hybridized carbons (Fsp3) is 0.667. The zero-order chi connectivity index (χ0) is 11.0. The van der Waals surface area contributed by atoms with Crippen LogP contribution >= 0.6 is 0 Å². The lowest BCUT2D eigenvalue weighted by atomic mass is 10.3. The van der Waals surface area contributed by atoms with E-state index in [0.29, 0.717) is 12.3 Å². The molecule has 1 unspecified atom stereocenters. The van der Waals surface area contributed by atoms with Gasteiger partial charge in [0.2, 0.25) is 0 Å². The van der Waals surface area contributed by atoms with Gasteiger partial charge in [-0.2, -0.15) is 0 Å². The summed E-state index contributed by atoms with van der Waals surface area (Å²) in [7, 11) is 0. The topological polar surface area (TPSA) is 72.4 Å². The number of carboxylic acids is 1. The van der Waals surface area contributed by atoms with Crippen molar-refractivity contribution in [2.24, 2.45) is 0 Å². The second-order valence-electron chi connectivity index (χ2n) is 2.91. The zero-order valence-electron chi connectivity index (χ0n) is 8.36. The van der Waals surface area contributed by atoms with Crippen molar-refractivity contribution in [2.45, 2.75) is 19.4 Å². The minimum Gasteiger partial charge on any atom is -0.616 e. The van der Waals surface area contributed by atoms with Gasteiger partial charge in [0, 0.05) is 0 Å². The molecular weight excluding hydrogens is 202 g/mol. The largest absolute Gasteiger partial charge is 0.616 e. The van der Waals surface area contributed by atoms with E-state index >= 15 is 0 Å². The SMILES string of the molecule is C=CC[S+]([O-])C[C@H](NCCC)C(=O)O. The molecule has 0 bridgehead atoms. The van der Waals surface area contributed by atoms with Crippen LogP contribution in [0, 0.1) is 0 Å². The third-order valence-corrected chi connectivity index (χ3v) is 2.91. The first-order chi connectivity index (χ1) is 6.61. The van der Waals surface area contributed by atoms with Crippen LogP contribution in [0.1, 0.15) is 13.3 Å². The molecule has 0 radical (unpaired) electrons. The monoisotopic (exact) mass is 219 g/mol. The summed E-state index contributed by atoms with van der Waals surface area (Å²) in [6.45, 7) is 6.03. The minimum absolute atomic E-state index is 0.140. The second kappa shape index (κ2) is 7.84. The van der Waals surface area contributed by atoms with Crippen molar-refractivity contribution in [1.29, 1.82) is 0 Å². The van der Waals surface area contributed by atoms with Crippen molar-refractivity contribution in [3.05, 3.63) is 12.7 Å². The molecule has 0 aliphatic heterocycles. The van der Waals surface area contributed by atoms with Crippen molar-refractivity contribution >= 4 is 17.1 Å². The molecule has 2 N–H and O–H groups in total. The van der Waals surface area contributed by atoms with Crippen LogP contribution in [0.3, 0.4) is 0 Å². The van der Waals surface area contributed by atoms with Crippen LogP contribution in [0.25, 0.3) is 0 Å². The highest BCUT2D eigenvalue weighted by Crippen LogP contribution is 1.96. The summed E-state index contributed by atoms with van der Waals surface area (Å²) in [5, 5.41) is 11.6. The highest BCUT2D eigenvalue weighted by Gasteiger charge is 2.22. The standard InChI is InChI=1S/C9H17NO3S/c1-3-5-10-8(9(11)12)7-14(13)6-4-2/h4,8,10H,2-3,5-7H2,1H3,(H,11,12)/t8-,14?/m0/s1. The quantitative estimate of drug-likeness (QED) is 0.457. The van der Waals surface area contributed by atoms with E-state index in [1.54, 1.807) is 0 Å². The maximum Gasteiger partial charge on any atom is 0.325 e. The maximum absolute atomic E-state index is 11.3. The zero-order valence-corrected chi connectivity index (χ0v) is 9.18. The lowest BCUT2D eigenvalue weighted by molar-refractivity contribution is -0.138. The molecular formula is C9H17NO3S. The first kappa shape index (κ1) is 13.5. The molecule has 0 aliphatic rings. The van der Waals surface area contributed by atoms with Crippen LogP contribution in [0.2, 0.25) is 0 Å². The number of aliphatic carboxylic acids is 1. The molecule has 0 spiro atoms. The summed E-state index contributed by atoms with van der Waals surface area (Å²) in [6, 6.07) is -0.712. The Bertz CT molecular complexity index is 187. The Morgan fingerprint density at radius 1 is 1.79 bits per heavy atom. The summed E-state index contributed by atoms with van der Waals surface area (Å²) in [4.78, 5) is 10.7. The molecule has 0 aromatic carbocycles. The van der Waals surface area contributed by atoms with Gasteiger partial charge in [-0.15, -0.1) is 0 Å². The molecule has 82 valence electrons. The molecule has 4 nitrogen and oxygen atoms in total. The normalized spacial score (nSPS) is 14.7. The van der Waals surface area contributed by atoms with Crippen LogP contribution in [-0.4, -0.2) is 39.7 Å². The molecule has 5 heteroatoms. The maximum atomic E-state index is 11.3. The van der Waals surface area contributed by atoms with Gasteiger partial charge in [0.1, 0.15) is 11.5 Å². The molecule has 0 heterocycles. The first-order valence-electron chi connectivity index (χ1n) is 4.53. The molecule has 0 aromatic heterocycles. The van der Waals surface area contributed by atoms with Crippen molar-refractivity contribution in [3.63, 3.8) is 0 Å². The number of carboxylic acid groups (broad SMARTS) is 1. The third kappa shape index (κ3) is 6.01. The summed E-state index contributed by atoms with van der Waals surface area (Å²) in [5.74, 6) is -0.463. The minimum atomic E-state index is -1.14. The Morgan fingerprint density at radius 2 is 2.43 bits per heavy atom.